The first-order valence-electron chi connectivity index (χ1n) is 33.1. The lowest BCUT2D eigenvalue weighted by atomic mass is 9.35. The van der Waals surface area contributed by atoms with Crippen LogP contribution in [0.3, 0.4) is 0 Å². The lowest BCUT2D eigenvalue weighted by Crippen LogP contribution is -2.68. The van der Waals surface area contributed by atoms with Crippen molar-refractivity contribution in [3.8, 4) is 0 Å². The Labute approximate surface area is 540 Å². The molecule has 0 aromatic rings. The predicted molar refractivity (Wildman–Crippen MR) is 313 cm³/mol. The molecule has 4 saturated carbocycles. The highest BCUT2D eigenvalue weighted by atomic mass is 16.8. The van der Waals surface area contributed by atoms with Gasteiger partial charge in [0.2, 0.25) is 0 Å². The number of hydrogen-bond acceptors (Lipinski definition) is 30. The van der Waals surface area contributed by atoms with Crippen LogP contribution in [0.25, 0.3) is 0 Å². The molecule has 0 bridgehead atoms. The topological polar surface area (TPSA) is 475 Å². The van der Waals surface area contributed by atoms with Gasteiger partial charge in [0.1, 0.15) is 128 Å². The van der Waals surface area contributed by atoms with Gasteiger partial charge in [-0.15, -0.1) is 0 Å². The van der Waals surface area contributed by atoms with Gasteiger partial charge >= 0.3 is 0 Å². The molecule has 0 unspecified atom stereocenters. The average Bonchev–Trinajstić information content (AvgIpc) is 1.65. The Hall–Kier alpha value is -1.46. The fourth-order valence-corrected chi connectivity index (χ4v) is 18.3. The summed E-state index contributed by atoms with van der Waals surface area (Å²) in [5.41, 5.74) is -1.95. The molecule has 30 nitrogen and oxygen atoms in total. The number of hydrogen-bond donors (Lipinski definition) is 18. The van der Waals surface area contributed by atoms with Gasteiger partial charge < -0.3 is 149 Å². The maximum Gasteiger partial charge on any atom is 0.187 e. The van der Waals surface area contributed by atoms with Crippen molar-refractivity contribution in [1.29, 1.82) is 0 Å². The molecule has 0 radical (unpaired) electrons. The Morgan fingerprint density at radius 2 is 0.989 bits per heavy atom. The van der Waals surface area contributed by atoms with Crippen molar-refractivity contribution < 1.29 is 149 Å². The zero-order chi connectivity index (χ0) is 67.9. The summed E-state index contributed by atoms with van der Waals surface area (Å²) in [7, 11) is 0. The molecule has 6 saturated heterocycles. The van der Waals surface area contributed by atoms with E-state index in [1.54, 1.807) is 0 Å². The van der Waals surface area contributed by atoms with E-state index in [2.05, 4.69) is 40.7 Å². The second kappa shape index (κ2) is 28.9. The minimum Gasteiger partial charge on any atom is -0.394 e. The predicted octanol–water partition coefficient (Wildman–Crippen LogP) is -4.64. The van der Waals surface area contributed by atoms with Gasteiger partial charge in [-0.3, -0.25) is 0 Å². The fraction of sp³-hybridized carbons (Fsp3) is 0.968. The molecule has 6 aliphatic heterocycles. The molecule has 10 aliphatic rings. The van der Waals surface area contributed by atoms with Crippen LogP contribution in [-0.2, 0) is 56.8 Å². The van der Waals surface area contributed by atoms with E-state index in [1.807, 2.05) is 20.8 Å². The Morgan fingerprint density at radius 3 is 1.57 bits per heavy atom. The molecule has 10 rings (SSSR count). The summed E-state index contributed by atoms with van der Waals surface area (Å²) in [5, 5.41) is 197. The zero-order valence-electron chi connectivity index (χ0n) is 54.2. The lowest BCUT2D eigenvalue weighted by Gasteiger charge is -2.71. The van der Waals surface area contributed by atoms with Gasteiger partial charge in [0, 0.05) is 0 Å². The van der Waals surface area contributed by atoms with Crippen LogP contribution in [0.5, 0.6) is 0 Å². The van der Waals surface area contributed by atoms with E-state index in [0.717, 1.165) is 18.4 Å². The van der Waals surface area contributed by atoms with Gasteiger partial charge in [-0.2, -0.15) is 0 Å². The van der Waals surface area contributed by atoms with E-state index in [4.69, 9.17) is 56.8 Å². The first-order chi connectivity index (χ1) is 43.7. The summed E-state index contributed by atoms with van der Waals surface area (Å²) in [6, 6.07) is 0. The third-order valence-electron chi connectivity index (χ3n) is 24.0. The molecule has 18 N–H and O–H groups in total. The van der Waals surface area contributed by atoms with Crippen LogP contribution in [0.1, 0.15) is 113 Å². The monoisotopic (exact) mass is 1340 g/mol. The quantitative estimate of drug-likeness (QED) is 0.0427. The Balaban J connectivity index is 0.837. The molecule has 0 aromatic carbocycles. The van der Waals surface area contributed by atoms with Crippen LogP contribution in [-0.4, -0.2) is 315 Å². The number of fused-ring (bicyclic) bond motifs is 5. The SMILES string of the molecule is CC(C)=CCC[C@](C)(O[C@@H]1O[C@H](CO[C@@H]2OC[C@@H](O[C@@H]3OC[C@@H](O)[C@H](O)[C@H]3O)[C@H](O)[C@H]2O)[C@@H](O)[C@H](O)[C@H]1O)[C@H]1CC[C@]2(C)[C@@H]1[C@H](O)C[C@@H]1[C@@]3(C)CC[C@H](O[C@@H]4O[C@H](CO)[C@@H](O)[C@H](O)[C@H]4O[C@@H]4O[C@H](CO)[C@@H](O)[C@H](O)[C@H]4O[C@@H]4OC[C@@H](O)[C@H](O)[C@H]4O)C(C)(C)[C@@H]3CC[C@]12C. The Kier molecular flexibility index (Phi) is 23.1. The van der Waals surface area contributed by atoms with Crippen molar-refractivity contribution >= 4 is 0 Å². The van der Waals surface area contributed by atoms with Gasteiger partial charge in [-0.05, 0) is 124 Å². The summed E-state index contributed by atoms with van der Waals surface area (Å²) in [5.74, 6) is -0.715. The summed E-state index contributed by atoms with van der Waals surface area (Å²) in [4.78, 5) is 0. The standard InChI is InChI=1S/C63H106O30/c1-25(2)10-9-14-63(8,93-56-50(81)44(75)42(73)32(89-56)23-84-53-49(80)43(74)33(24-85-53)88-54-47(78)38(69)28(67)21-82-54)26-11-16-62(7)37(26)27(66)18-35-60(5)15-13-36(59(3,4)34(60)12-17-61(35,62)6)90-57-51(45(76)40(71)30(19-64)86-57)92-58-52(46(77)41(72)31(20-65)87-58)91-55-48(79)39(70)29(68)22-83-55/h10,26-58,64-81H,9,11-24H2,1-8H3/t26-,27+,28+,29+,30+,31+,32+,33+,34-,35+,36-,37-,38-,39-,40+,41+,42+,43-,44-,45-,46-,47+,48+,49+,50+,51+,52+,53+,54-,55-,56-,57-,58-,60-,61+,62+,63-/m0/s1. The third-order valence-corrected chi connectivity index (χ3v) is 24.0. The van der Waals surface area contributed by atoms with Crippen LogP contribution in [0.4, 0.5) is 0 Å². The first kappa shape index (κ1) is 74.2. The lowest BCUT2D eigenvalue weighted by molar-refractivity contribution is -0.395. The third kappa shape index (κ3) is 13.7. The molecule has 6 heterocycles. The number of aliphatic hydroxyl groups excluding tert-OH is 18. The number of aliphatic hydroxyl groups is 18. The second-order valence-corrected chi connectivity index (χ2v) is 30.0. The van der Waals surface area contributed by atoms with Crippen LogP contribution in [0, 0.1) is 45.3 Å². The average molecular weight is 1340 g/mol. The summed E-state index contributed by atoms with van der Waals surface area (Å²) < 4.78 is 72.4. The highest BCUT2D eigenvalue weighted by molar-refractivity contribution is 5.21. The minimum absolute atomic E-state index is 0.0258. The molecule has 538 valence electrons. The molecule has 93 heavy (non-hydrogen) atoms. The molecule has 4 aliphatic carbocycles. The van der Waals surface area contributed by atoms with Crippen molar-refractivity contribution in [2.24, 2.45) is 45.3 Å². The fourth-order valence-electron chi connectivity index (χ4n) is 18.3. The number of rotatable bonds is 19. The van der Waals surface area contributed by atoms with Crippen molar-refractivity contribution in [3.05, 3.63) is 11.6 Å². The van der Waals surface area contributed by atoms with E-state index in [0.29, 0.717) is 44.9 Å². The van der Waals surface area contributed by atoms with Gasteiger partial charge in [0.05, 0.1) is 57.5 Å². The van der Waals surface area contributed by atoms with Gasteiger partial charge in [-0.1, -0.05) is 46.3 Å². The van der Waals surface area contributed by atoms with Crippen molar-refractivity contribution in [3.63, 3.8) is 0 Å². The summed E-state index contributed by atoms with van der Waals surface area (Å²) >= 11 is 0. The highest BCUT2D eigenvalue weighted by Gasteiger charge is 2.72. The molecule has 0 spiro atoms. The molecule has 10 fully saturated rings. The van der Waals surface area contributed by atoms with Gasteiger partial charge in [-0.25, -0.2) is 0 Å². The largest absolute Gasteiger partial charge is 0.394 e. The smallest absolute Gasteiger partial charge is 0.187 e. The van der Waals surface area contributed by atoms with E-state index in [-0.39, 0.29) is 42.3 Å². The van der Waals surface area contributed by atoms with Crippen molar-refractivity contribution in [1.82, 2.24) is 0 Å². The first-order valence-corrected chi connectivity index (χ1v) is 33.1. The van der Waals surface area contributed by atoms with Crippen LogP contribution >= 0.6 is 0 Å². The normalized spacial score (nSPS) is 53.2. The maximum absolute atomic E-state index is 13.0. The zero-order valence-corrected chi connectivity index (χ0v) is 54.2. The molecular formula is C63H106O30. The van der Waals surface area contributed by atoms with Crippen LogP contribution in [0.15, 0.2) is 11.6 Å². The van der Waals surface area contributed by atoms with E-state index in [1.165, 1.54) is 0 Å². The maximum atomic E-state index is 13.0. The highest BCUT2D eigenvalue weighted by Crippen LogP contribution is 2.76. The second-order valence-electron chi connectivity index (χ2n) is 30.0. The van der Waals surface area contributed by atoms with E-state index >= 15 is 0 Å². The summed E-state index contributed by atoms with van der Waals surface area (Å²) in [6.07, 6.45) is -38.2. The Morgan fingerprint density at radius 1 is 0.484 bits per heavy atom. The Bertz CT molecular complexity index is 2480. The number of ether oxygens (including phenoxy) is 12. The molecule has 0 amide bonds. The molecular weight excluding hydrogens is 1240 g/mol. The molecule has 37 atom stereocenters. The van der Waals surface area contributed by atoms with Crippen molar-refractivity contribution in [2.75, 3.05) is 39.6 Å². The molecule has 0 aromatic heterocycles. The minimum atomic E-state index is -1.90. The van der Waals surface area contributed by atoms with Gasteiger partial charge in [0.25, 0.3) is 0 Å². The summed E-state index contributed by atoms with van der Waals surface area (Å²) in [6.45, 7) is 13.7. The van der Waals surface area contributed by atoms with E-state index < -0.39 is 226 Å². The van der Waals surface area contributed by atoms with Crippen LogP contribution in [0.2, 0.25) is 0 Å². The van der Waals surface area contributed by atoms with E-state index in [9.17, 15) is 91.9 Å². The number of allylic oxidation sites excluding steroid dienone is 2. The van der Waals surface area contributed by atoms with Crippen LogP contribution < -0.4 is 0 Å². The van der Waals surface area contributed by atoms with Crippen molar-refractivity contribution in [2.45, 2.75) is 297 Å². The molecule has 30 heteroatoms. The van der Waals surface area contributed by atoms with Gasteiger partial charge in [0.15, 0.2) is 37.7 Å².